The molecule has 0 radical (unpaired) electrons. The molecule has 3 aromatic rings. The van der Waals surface area contributed by atoms with Crippen molar-refractivity contribution in [3.8, 4) is 5.75 Å². The minimum absolute atomic E-state index is 0.129. The maximum Gasteiger partial charge on any atom is 0.251 e. The molecule has 6 heteroatoms. The largest absolute Gasteiger partial charge is 0.489 e. The Balaban J connectivity index is 1.56. The van der Waals surface area contributed by atoms with E-state index in [0.717, 1.165) is 17.8 Å². The molecule has 0 aliphatic carbocycles. The lowest BCUT2D eigenvalue weighted by Crippen LogP contribution is -2.27. The van der Waals surface area contributed by atoms with Crippen molar-refractivity contribution in [3.63, 3.8) is 0 Å². The average Bonchev–Trinajstić information content (AvgIpc) is 3.16. The maximum atomic E-state index is 12.4. The van der Waals surface area contributed by atoms with E-state index in [1.165, 1.54) is 0 Å². The first-order valence-corrected chi connectivity index (χ1v) is 9.24. The van der Waals surface area contributed by atoms with Crippen molar-refractivity contribution in [1.82, 2.24) is 15.1 Å². The molecule has 2 aromatic carbocycles. The van der Waals surface area contributed by atoms with E-state index < -0.39 is 0 Å². The predicted molar refractivity (Wildman–Crippen MR) is 106 cm³/mol. The van der Waals surface area contributed by atoms with Crippen molar-refractivity contribution in [2.75, 3.05) is 0 Å². The Morgan fingerprint density at radius 1 is 1.22 bits per heavy atom. The molecule has 5 nitrogen and oxygen atoms in total. The summed E-state index contributed by atoms with van der Waals surface area (Å²) in [5, 5.41) is 8.03. The Labute approximate surface area is 163 Å². The van der Waals surface area contributed by atoms with Gasteiger partial charge in [0.25, 0.3) is 5.91 Å². The van der Waals surface area contributed by atoms with Crippen LogP contribution in [0.5, 0.6) is 5.75 Å². The van der Waals surface area contributed by atoms with Gasteiger partial charge < -0.3 is 10.1 Å². The number of carbonyl (C=O) groups excluding carboxylic acids is 1. The van der Waals surface area contributed by atoms with Gasteiger partial charge in [-0.2, -0.15) is 5.10 Å². The van der Waals surface area contributed by atoms with E-state index in [4.69, 9.17) is 16.3 Å². The van der Waals surface area contributed by atoms with Gasteiger partial charge in [-0.25, -0.2) is 0 Å². The number of halogens is 1. The number of nitrogens with zero attached hydrogens (tertiary/aromatic N) is 2. The summed E-state index contributed by atoms with van der Waals surface area (Å²) in [6.07, 6.45) is 1.91. The summed E-state index contributed by atoms with van der Waals surface area (Å²) in [4.78, 5) is 12.4. The number of aryl methyl sites for hydroxylation is 1. The summed E-state index contributed by atoms with van der Waals surface area (Å²) >= 11 is 5.95. The fourth-order valence-electron chi connectivity index (χ4n) is 2.61. The number of carbonyl (C=O) groups is 1. The minimum Gasteiger partial charge on any atom is -0.489 e. The molecular weight excluding hydrogens is 362 g/mol. The van der Waals surface area contributed by atoms with E-state index in [2.05, 4.69) is 10.4 Å². The number of aromatic nitrogens is 2. The second-order valence-electron chi connectivity index (χ2n) is 6.23. The van der Waals surface area contributed by atoms with E-state index in [0.29, 0.717) is 22.9 Å². The minimum atomic E-state index is -0.156. The Morgan fingerprint density at radius 3 is 2.67 bits per heavy atom. The van der Waals surface area contributed by atoms with Crippen LogP contribution in [-0.4, -0.2) is 15.7 Å². The Kier molecular flexibility index (Phi) is 6.14. The Hall–Kier alpha value is -2.79. The predicted octanol–water partition coefficient (Wildman–Crippen LogP) is 4.63. The summed E-state index contributed by atoms with van der Waals surface area (Å²) in [5.41, 5.74) is 2.42. The van der Waals surface area contributed by atoms with Gasteiger partial charge in [-0.3, -0.25) is 9.48 Å². The molecule has 1 unspecified atom stereocenters. The fourth-order valence-corrected chi connectivity index (χ4v) is 2.79. The zero-order valence-electron chi connectivity index (χ0n) is 15.4. The zero-order chi connectivity index (χ0) is 19.2. The third-order valence-corrected chi connectivity index (χ3v) is 4.43. The summed E-state index contributed by atoms with van der Waals surface area (Å²) in [7, 11) is 0. The highest BCUT2D eigenvalue weighted by atomic mass is 35.5. The van der Waals surface area contributed by atoms with Crippen LogP contribution in [0, 0.1) is 0 Å². The number of hydrogen-bond donors (Lipinski definition) is 1. The monoisotopic (exact) mass is 383 g/mol. The molecule has 1 heterocycles. The zero-order valence-corrected chi connectivity index (χ0v) is 16.1. The SMILES string of the molecule is CCn1ccc(C(C)NC(=O)c2ccc(COc3cccc(Cl)c3)cc2)n1. The van der Waals surface area contributed by atoms with Gasteiger partial charge >= 0.3 is 0 Å². The van der Waals surface area contributed by atoms with E-state index in [1.54, 1.807) is 24.3 Å². The van der Waals surface area contributed by atoms with Gasteiger partial charge in [-0.1, -0.05) is 29.8 Å². The van der Waals surface area contributed by atoms with E-state index >= 15 is 0 Å². The molecule has 3 rings (SSSR count). The molecule has 1 N–H and O–H groups in total. The van der Waals surface area contributed by atoms with Crippen LogP contribution in [0.4, 0.5) is 0 Å². The molecule has 0 saturated heterocycles. The molecule has 0 saturated carbocycles. The van der Waals surface area contributed by atoms with Crippen LogP contribution in [0.2, 0.25) is 5.02 Å². The summed E-state index contributed by atoms with van der Waals surface area (Å²) in [6.45, 7) is 5.16. The molecule has 0 fully saturated rings. The van der Waals surface area contributed by atoms with Gasteiger partial charge in [0.2, 0.25) is 0 Å². The number of benzene rings is 2. The molecular formula is C21H22ClN3O2. The van der Waals surface area contributed by atoms with Gasteiger partial charge in [0.15, 0.2) is 0 Å². The third kappa shape index (κ3) is 5.11. The Morgan fingerprint density at radius 2 is 2.00 bits per heavy atom. The highest BCUT2D eigenvalue weighted by molar-refractivity contribution is 6.30. The number of ether oxygens (including phenoxy) is 1. The first-order chi connectivity index (χ1) is 13.0. The standard InChI is InChI=1S/C21H22ClN3O2/c1-3-25-12-11-20(24-25)15(2)23-21(26)17-9-7-16(8-10-17)14-27-19-6-4-5-18(22)13-19/h4-13,15H,3,14H2,1-2H3,(H,23,26). The number of nitrogens with one attached hydrogen (secondary N) is 1. The smallest absolute Gasteiger partial charge is 0.251 e. The van der Waals surface area contributed by atoms with Crippen LogP contribution in [0.15, 0.2) is 60.8 Å². The lowest BCUT2D eigenvalue weighted by molar-refractivity contribution is 0.0939. The normalized spacial score (nSPS) is 11.8. The first kappa shape index (κ1) is 19.0. The Bertz CT molecular complexity index is 906. The number of rotatable bonds is 7. The first-order valence-electron chi connectivity index (χ1n) is 8.86. The quantitative estimate of drug-likeness (QED) is 0.647. The number of hydrogen-bond acceptors (Lipinski definition) is 3. The third-order valence-electron chi connectivity index (χ3n) is 4.19. The van der Waals surface area contributed by atoms with E-state index in [9.17, 15) is 4.79 Å². The van der Waals surface area contributed by atoms with Crippen molar-refractivity contribution in [3.05, 3.63) is 82.6 Å². The van der Waals surface area contributed by atoms with Crippen molar-refractivity contribution in [2.45, 2.75) is 33.0 Å². The fraction of sp³-hybridized carbons (Fsp3) is 0.238. The lowest BCUT2D eigenvalue weighted by atomic mass is 10.1. The molecule has 1 aromatic heterocycles. The van der Waals surface area contributed by atoms with Crippen LogP contribution < -0.4 is 10.1 Å². The van der Waals surface area contributed by atoms with E-state index in [-0.39, 0.29) is 11.9 Å². The van der Waals surface area contributed by atoms with Gasteiger partial charge in [0.1, 0.15) is 12.4 Å². The molecule has 0 aliphatic rings. The molecule has 0 bridgehead atoms. The van der Waals surface area contributed by atoms with Gasteiger partial charge in [-0.05, 0) is 55.8 Å². The molecule has 0 spiro atoms. The van der Waals surface area contributed by atoms with Crippen molar-refractivity contribution >= 4 is 17.5 Å². The molecule has 27 heavy (non-hydrogen) atoms. The van der Waals surface area contributed by atoms with Crippen LogP contribution in [0.1, 0.15) is 41.5 Å². The highest BCUT2D eigenvalue weighted by Gasteiger charge is 2.13. The van der Waals surface area contributed by atoms with Crippen LogP contribution in [0.25, 0.3) is 0 Å². The van der Waals surface area contributed by atoms with Gasteiger partial charge in [-0.15, -0.1) is 0 Å². The lowest BCUT2D eigenvalue weighted by Gasteiger charge is -2.12. The van der Waals surface area contributed by atoms with Crippen LogP contribution in [0.3, 0.4) is 0 Å². The second-order valence-corrected chi connectivity index (χ2v) is 6.67. The molecule has 1 atom stereocenters. The van der Waals surface area contributed by atoms with Crippen LogP contribution in [-0.2, 0) is 13.2 Å². The maximum absolute atomic E-state index is 12.4. The summed E-state index contributed by atoms with van der Waals surface area (Å²) < 4.78 is 7.55. The molecule has 1 amide bonds. The number of amides is 1. The van der Waals surface area contributed by atoms with Crippen molar-refractivity contribution in [2.24, 2.45) is 0 Å². The second kappa shape index (κ2) is 8.73. The van der Waals surface area contributed by atoms with Gasteiger partial charge in [0, 0.05) is 23.3 Å². The van der Waals surface area contributed by atoms with Crippen LogP contribution >= 0.6 is 11.6 Å². The average molecular weight is 384 g/mol. The molecule has 0 aliphatic heterocycles. The summed E-state index contributed by atoms with van der Waals surface area (Å²) in [5.74, 6) is 0.584. The molecule has 140 valence electrons. The highest BCUT2D eigenvalue weighted by Crippen LogP contribution is 2.18. The van der Waals surface area contributed by atoms with Gasteiger partial charge in [0.05, 0.1) is 11.7 Å². The summed E-state index contributed by atoms with van der Waals surface area (Å²) in [6, 6.07) is 16.4. The topological polar surface area (TPSA) is 56.2 Å². The van der Waals surface area contributed by atoms with E-state index in [1.807, 2.05) is 55.1 Å². The van der Waals surface area contributed by atoms with Crippen molar-refractivity contribution in [1.29, 1.82) is 0 Å². The van der Waals surface area contributed by atoms with Crippen molar-refractivity contribution < 1.29 is 9.53 Å².